The van der Waals surface area contributed by atoms with Crippen LogP contribution in [-0.2, 0) is 28.6 Å². The zero-order valence-corrected chi connectivity index (χ0v) is 21.4. The van der Waals surface area contributed by atoms with Crippen LogP contribution >= 0.6 is 0 Å². The van der Waals surface area contributed by atoms with Gasteiger partial charge in [0.05, 0.1) is 23.0 Å². The van der Waals surface area contributed by atoms with Crippen LogP contribution in [0.15, 0.2) is 58.3 Å². The molecule has 0 aliphatic carbocycles. The summed E-state index contributed by atoms with van der Waals surface area (Å²) in [5.41, 5.74) is 1.60. The fraction of sp³-hybridized carbons (Fsp3) is 0.500. The Morgan fingerprint density at radius 3 is 1.36 bits per heavy atom. The summed E-state index contributed by atoms with van der Waals surface area (Å²) in [5, 5.41) is 0. The van der Waals surface area contributed by atoms with Gasteiger partial charge in [-0.1, -0.05) is 35.4 Å². The van der Waals surface area contributed by atoms with Crippen LogP contribution in [0.4, 0.5) is 0 Å². The standard InChI is InChI=1S/C24H33NO6S2/c1-18-6-12-22(13-7-18)32(26,27)30-16-20-10-11-21(25(20)24(3,4)5)17-31-33(28,29)23-14-8-19(2)9-15-23/h6-9,12-15,20-21H,10-11,16-17H2,1-5H3. The first-order valence-electron chi connectivity index (χ1n) is 11.0. The second kappa shape index (κ2) is 9.84. The molecule has 2 unspecified atom stereocenters. The lowest BCUT2D eigenvalue weighted by Crippen LogP contribution is -2.52. The van der Waals surface area contributed by atoms with E-state index in [1.165, 1.54) is 24.3 Å². The predicted octanol–water partition coefficient (Wildman–Crippen LogP) is 4.05. The summed E-state index contributed by atoms with van der Waals surface area (Å²) < 4.78 is 61.3. The van der Waals surface area contributed by atoms with Crippen LogP contribution in [0.3, 0.4) is 0 Å². The molecule has 33 heavy (non-hydrogen) atoms. The predicted molar refractivity (Wildman–Crippen MR) is 127 cm³/mol. The third kappa shape index (κ3) is 6.42. The second-order valence-corrected chi connectivity index (χ2v) is 12.8. The van der Waals surface area contributed by atoms with Gasteiger partial charge in [-0.25, -0.2) is 0 Å². The molecule has 1 aliphatic rings. The van der Waals surface area contributed by atoms with E-state index in [2.05, 4.69) is 4.90 Å². The molecule has 7 nitrogen and oxygen atoms in total. The van der Waals surface area contributed by atoms with E-state index < -0.39 is 20.2 Å². The van der Waals surface area contributed by atoms with Crippen LogP contribution in [0.1, 0.15) is 44.7 Å². The van der Waals surface area contributed by atoms with Crippen molar-refractivity contribution >= 4 is 20.2 Å². The minimum absolute atomic E-state index is 0.00527. The van der Waals surface area contributed by atoms with E-state index in [-0.39, 0.29) is 40.6 Å². The monoisotopic (exact) mass is 495 g/mol. The van der Waals surface area contributed by atoms with Gasteiger partial charge in [0.15, 0.2) is 0 Å². The van der Waals surface area contributed by atoms with Crippen molar-refractivity contribution in [1.29, 1.82) is 0 Å². The van der Waals surface area contributed by atoms with Crippen LogP contribution in [0.25, 0.3) is 0 Å². The smallest absolute Gasteiger partial charge is 0.288 e. The molecule has 2 atom stereocenters. The highest BCUT2D eigenvalue weighted by atomic mass is 32.2. The molecule has 1 saturated heterocycles. The summed E-state index contributed by atoms with van der Waals surface area (Å²) >= 11 is 0. The molecule has 1 heterocycles. The minimum atomic E-state index is -3.88. The summed E-state index contributed by atoms with van der Waals surface area (Å²) in [6.07, 6.45) is 1.36. The fourth-order valence-electron chi connectivity index (χ4n) is 4.27. The maximum atomic E-state index is 12.6. The highest BCUT2D eigenvalue weighted by Gasteiger charge is 2.41. The number of benzene rings is 2. The van der Waals surface area contributed by atoms with Gasteiger partial charge < -0.3 is 0 Å². The van der Waals surface area contributed by atoms with Crippen molar-refractivity contribution in [3.05, 3.63) is 59.7 Å². The lowest BCUT2D eigenvalue weighted by Gasteiger charge is -2.40. The average molecular weight is 496 g/mol. The molecule has 0 spiro atoms. The Morgan fingerprint density at radius 2 is 1.06 bits per heavy atom. The molecular weight excluding hydrogens is 462 g/mol. The number of aryl methyl sites for hydroxylation is 2. The number of hydrogen-bond acceptors (Lipinski definition) is 7. The van der Waals surface area contributed by atoms with Crippen LogP contribution < -0.4 is 0 Å². The molecule has 0 aromatic heterocycles. The molecule has 0 bridgehead atoms. The highest BCUT2D eigenvalue weighted by Crippen LogP contribution is 2.33. The van der Waals surface area contributed by atoms with Crippen molar-refractivity contribution in [1.82, 2.24) is 4.90 Å². The first-order valence-corrected chi connectivity index (χ1v) is 13.8. The highest BCUT2D eigenvalue weighted by molar-refractivity contribution is 7.87. The van der Waals surface area contributed by atoms with Gasteiger partial charge in [0.1, 0.15) is 0 Å². The third-order valence-electron chi connectivity index (χ3n) is 5.84. The lowest BCUT2D eigenvalue weighted by atomic mass is 10.0. The van der Waals surface area contributed by atoms with E-state index in [1.54, 1.807) is 24.3 Å². The van der Waals surface area contributed by atoms with Crippen molar-refractivity contribution in [3.63, 3.8) is 0 Å². The molecule has 0 radical (unpaired) electrons. The fourth-order valence-corrected chi connectivity index (χ4v) is 6.15. The maximum Gasteiger partial charge on any atom is 0.297 e. The number of nitrogens with zero attached hydrogens (tertiary/aromatic N) is 1. The first-order chi connectivity index (χ1) is 15.3. The van der Waals surface area contributed by atoms with Crippen LogP contribution in [0, 0.1) is 13.8 Å². The molecule has 2 aromatic carbocycles. The van der Waals surface area contributed by atoms with Crippen LogP contribution in [0.2, 0.25) is 0 Å². The largest absolute Gasteiger partial charge is 0.297 e. The van der Waals surface area contributed by atoms with Gasteiger partial charge in [0.2, 0.25) is 0 Å². The van der Waals surface area contributed by atoms with E-state index in [4.69, 9.17) is 8.37 Å². The minimum Gasteiger partial charge on any atom is -0.288 e. The van der Waals surface area contributed by atoms with Crippen LogP contribution in [0.5, 0.6) is 0 Å². The Labute approximate surface area is 198 Å². The molecule has 3 rings (SSSR count). The van der Waals surface area contributed by atoms with Crippen molar-refractivity contribution in [2.45, 2.75) is 74.9 Å². The van der Waals surface area contributed by atoms with E-state index in [0.717, 1.165) is 11.1 Å². The van der Waals surface area contributed by atoms with Gasteiger partial charge >= 0.3 is 0 Å². The summed E-state index contributed by atoms with van der Waals surface area (Å²) in [6, 6.07) is 12.7. The quantitative estimate of drug-likeness (QED) is 0.511. The average Bonchev–Trinajstić information content (AvgIpc) is 3.15. The van der Waals surface area contributed by atoms with E-state index in [0.29, 0.717) is 12.8 Å². The van der Waals surface area contributed by atoms with Gasteiger partial charge in [-0.2, -0.15) is 16.8 Å². The maximum absolute atomic E-state index is 12.6. The molecule has 0 N–H and O–H groups in total. The summed E-state index contributed by atoms with van der Waals surface area (Å²) in [4.78, 5) is 2.36. The Kier molecular flexibility index (Phi) is 7.70. The molecule has 0 saturated carbocycles. The Hall–Kier alpha value is -1.78. The van der Waals surface area contributed by atoms with Crippen LogP contribution in [-0.4, -0.2) is 52.6 Å². The zero-order valence-electron chi connectivity index (χ0n) is 19.8. The Bertz CT molecular complexity index is 1060. The number of likely N-dealkylation sites (tertiary alicyclic amines) is 1. The van der Waals surface area contributed by atoms with Crippen molar-refractivity contribution in [2.75, 3.05) is 13.2 Å². The van der Waals surface area contributed by atoms with Crippen molar-refractivity contribution in [3.8, 4) is 0 Å². The normalized spacial score (nSPS) is 20.3. The van der Waals surface area contributed by atoms with Gasteiger partial charge in [0.25, 0.3) is 20.2 Å². The molecule has 182 valence electrons. The third-order valence-corrected chi connectivity index (χ3v) is 8.44. The van der Waals surface area contributed by atoms with Crippen molar-refractivity contribution < 1.29 is 25.2 Å². The van der Waals surface area contributed by atoms with E-state index >= 15 is 0 Å². The topological polar surface area (TPSA) is 90.0 Å². The van der Waals surface area contributed by atoms with Gasteiger partial charge in [-0.15, -0.1) is 0 Å². The molecule has 1 aliphatic heterocycles. The Morgan fingerprint density at radius 1 is 0.727 bits per heavy atom. The zero-order chi connectivity index (χ0) is 24.4. The van der Waals surface area contributed by atoms with Crippen molar-refractivity contribution in [2.24, 2.45) is 0 Å². The van der Waals surface area contributed by atoms with Gasteiger partial charge in [-0.3, -0.25) is 13.3 Å². The van der Waals surface area contributed by atoms with E-state index in [1.807, 2.05) is 34.6 Å². The summed E-state index contributed by atoms with van der Waals surface area (Å²) in [5.74, 6) is 0. The number of rotatable bonds is 8. The first kappa shape index (κ1) is 25.8. The number of hydrogen-bond donors (Lipinski definition) is 0. The summed E-state index contributed by atoms with van der Waals surface area (Å²) in [7, 11) is -7.76. The lowest BCUT2D eigenvalue weighted by molar-refractivity contribution is 0.0357. The van der Waals surface area contributed by atoms with Gasteiger partial charge in [0, 0.05) is 17.6 Å². The van der Waals surface area contributed by atoms with Gasteiger partial charge in [-0.05, 0) is 71.7 Å². The summed E-state index contributed by atoms with van der Waals surface area (Å²) in [6.45, 7) is 9.81. The Balaban J connectivity index is 1.68. The van der Waals surface area contributed by atoms with E-state index in [9.17, 15) is 16.8 Å². The SMILES string of the molecule is Cc1ccc(S(=O)(=O)OCC2CCC(COS(=O)(=O)c3ccc(C)cc3)N2C(C)(C)C)cc1. The molecule has 1 fully saturated rings. The molecular formula is C24H33NO6S2. The molecule has 2 aromatic rings. The molecule has 0 amide bonds. The molecule has 9 heteroatoms. The second-order valence-electron chi connectivity index (χ2n) is 9.57.